The molecule has 1 aliphatic carbocycles. The molecular formula is C10H21NO2. The van der Waals surface area contributed by atoms with Crippen molar-refractivity contribution in [1.29, 1.82) is 0 Å². The molecular weight excluding hydrogens is 166 g/mol. The second-order valence-corrected chi connectivity index (χ2v) is 3.76. The fourth-order valence-corrected chi connectivity index (χ4v) is 2.19. The van der Waals surface area contributed by atoms with Crippen LogP contribution in [-0.4, -0.2) is 40.0 Å². The van der Waals surface area contributed by atoms with Gasteiger partial charge < -0.3 is 14.8 Å². The van der Waals surface area contributed by atoms with Gasteiger partial charge in [-0.3, -0.25) is 0 Å². The average molecular weight is 187 g/mol. The van der Waals surface area contributed by atoms with Gasteiger partial charge in [-0.15, -0.1) is 0 Å². The molecule has 13 heavy (non-hydrogen) atoms. The highest BCUT2D eigenvalue weighted by atomic mass is 16.5. The van der Waals surface area contributed by atoms with E-state index >= 15 is 0 Å². The van der Waals surface area contributed by atoms with Crippen LogP contribution in [0, 0.1) is 5.92 Å². The lowest BCUT2D eigenvalue weighted by Gasteiger charge is -2.34. The van der Waals surface area contributed by atoms with Crippen molar-refractivity contribution in [3.8, 4) is 0 Å². The highest BCUT2D eigenvalue weighted by molar-refractivity contribution is 4.82. The normalized spacial score (nSPS) is 34.8. The van der Waals surface area contributed by atoms with Crippen LogP contribution in [0.3, 0.4) is 0 Å². The van der Waals surface area contributed by atoms with E-state index in [-0.39, 0.29) is 0 Å². The number of methoxy groups -OCH3 is 2. The molecule has 0 aromatic carbocycles. The van der Waals surface area contributed by atoms with Gasteiger partial charge >= 0.3 is 0 Å². The van der Waals surface area contributed by atoms with E-state index < -0.39 is 0 Å². The summed E-state index contributed by atoms with van der Waals surface area (Å²) in [5.41, 5.74) is 0. The predicted molar refractivity (Wildman–Crippen MR) is 52.9 cm³/mol. The molecule has 1 rings (SSSR count). The lowest BCUT2D eigenvalue weighted by molar-refractivity contribution is -0.0329. The van der Waals surface area contributed by atoms with Crippen LogP contribution in [0.2, 0.25) is 0 Å². The van der Waals surface area contributed by atoms with E-state index in [2.05, 4.69) is 5.32 Å². The zero-order valence-electron chi connectivity index (χ0n) is 8.88. The second-order valence-electron chi connectivity index (χ2n) is 3.76. The fraction of sp³-hybridized carbons (Fsp3) is 1.00. The van der Waals surface area contributed by atoms with E-state index in [1.54, 1.807) is 14.2 Å². The molecule has 3 atom stereocenters. The Balaban J connectivity index is 2.42. The number of hydrogen-bond donors (Lipinski definition) is 1. The van der Waals surface area contributed by atoms with E-state index in [9.17, 15) is 0 Å². The van der Waals surface area contributed by atoms with Crippen LogP contribution in [-0.2, 0) is 9.47 Å². The smallest absolute Gasteiger partial charge is 0.0613 e. The van der Waals surface area contributed by atoms with E-state index in [0.717, 1.165) is 25.8 Å². The minimum atomic E-state index is 0.416. The van der Waals surface area contributed by atoms with Crippen molar-refractivity contribution < 1.29 is 9.47 Å². The molecule has 0 heterocycles. The summed E-state index contributed by atoms with van der Waals surface area (Å²) in [4.78, 5) is 0. The molecule has 1 fully saturated rings. The SMILES string of the molecule is CNCC1CC(OC)CCC1OC. The molecule has 3 unspecified atom stereocenters. The lowest BCUT2D eigenvalue weighted by atomic mass is 9.84. The van der Waals surface area contributed by atoms with E-state index in [0.29, 0.717) is 18.1 Å². The summed E-state index contributed by atoms with van der Waals surface area (Å²) in [6.45, 7) is 1.03. The van der Waals surface area contributed by atoms with Crippen molar-refractivity contribution in [2.45, 2.75) is 31.5 Å². The van der Waals surface area contributed by atoms with Crippen molar-refractivity contribution in [3.05, 3.63) is 0 Å². The van der Waals surface area contributed by atoms with Crippen LogP contribution in [0.1, 0.15) is 19.3 Å². The maximum Gasteiger partial charge on any atom is 0.0613 e. The molecule has 0 aromatic rings. The zero-order valence-corrected chi connectivity index (χ0v) is 8.88. The molecule has 3 nitrogen and oxygen atoms in total. The second kappa shape index (κ2) is 5.58. The average Bonchev–Trinajstić information content (AvgIpc) is 2.18. The van der Waals surface area contributed by atoms with E-state index in [4.69, 9.17) is 9.47 Å². The Morgan fingerprint density at radius 2 is 2.00 bits per heavy atom. The van der Waals surface area contributed by atoms with E-state index in [1.807, 2.05) is 7.05 Å². The molecule has 0 saturated heterocycles. The van der Waals surface area contributed by atoms with Crippen LogP contribution in [0.4, 0.5) is 0 Å². The van der Waals surface area contributed by atoms with Crippen LogP contribution < -0.4 is 5.32 Å². The van der Waals surface area contributed by atoms with Gasteiger partial charge in [0.1, 0.15) is 0 Å². The standard InChI is InChI=1S/C10H21NO2/c1-11-7-8-6-9(12-2)4-5-10(8)13-3/h8-11H,4-7H2,1-3H3. The molecule has 1 aliphatic rings. The van der Waals surface area contributed by atoms with Crippen LogP contribution in [0.5, 0.6) is 0 Å². The first kappa shape index (κ1) is 11.0. The van der Waals surface area contributed by atoms with Gasteiger partial charge in [0.25, 0.3) is 0 Å². The van der Waals surface area contributed by atoms with Gasteiger partial charge in [0.2, 0.25) is 0 Å². The number of ether oxygens (including phenoxy) is 2. The topological polar surface area (TPSA) is 30.5 Å². The summed E-state index contributed by atoms with van der Waals surface area (Å²) >= 11 is 0. The Kier molecular flexibility index (Phi) is 4.70. The maximum atomic E-state index is 5.45. The van der Waals surface area contributed by atoms with Crippen molar-refractivity contribution in [1.82, 2.24) is 5.32 Å². The Morgan fingerprint density at radius 1 is 1.23 bits per heavy atom. The van der Waals surface area contributed by atoms with Gasteiger partial charge in [-0.05, 0) is 32.2 Å². The molecule has 1 N–H and O–H groups in total. The third-order valence-electron chi connectivity index (χ3n) is 2.97. The quantitative estimate of drug-likeness (QED) is 0.713. The Bertz CT molecular complexity index is 141. The predicted octanol–water partition coefficient (Wildman–Crippen LogP) is 1.04. The molecule has 0 aromatic heterocycles. The molecule has 0 radical (unpaired) electrons. The third-order valence-corrected chi connectivity index (χ3v) is 2.97. The van der Waals surface area contributed by atoms with E-state index in [1.165, 1.54) is 0 Å². The highest BCUT2D eigenvalue weighted by Gasteiger charge is 2.29. The van der Waals surface area contributed by atoms with Crippen LogP contribution in [0.25, 0.3) is 0 Å². The number of rotatable bonds is 4. The molecule has 1 saturated carbocycles. The van der Waals surface area contributed by atoms with Crippen molar-refractivity contribution >= 4 is 0 Å². The molecule has 0 spiro atoms. The third kappa shape index (κ3) is 2.93. The summed E-state index contributed by atoms with van der Waals surface area (Å²) < 4.78 is 10.8. The Labute approximate surface area is 80.8 Å². The zero-order chi connectivity index (χ0) is 9.68. The largest absolute Gasteiger partial charge is 0.381 e. The minimum absolute atomic E-state index is 0.416. The molecule has 0 amide bonds. The minimum Gasteiger partial charge on any atom is -0.381 e. The molecule has 78 valence electrons. The monoisotopic (exact) mass is 187 g/mol. The van der Waals surface area contributed by atoms with Crippen LogP contribution >= 0.6 is 0 Å². The van der Waals surface area contributed by atoms with Crippen molar-refractivity contribution in [2.75, 3.05) is 27.8 Å². The van der Waals surface area contributed by atoms with Gasteiger partial charge in [-0.25, -0.2) is 0 Å². The van der Waals surface area contributed by atoms with Gasteiger partial charge in [0.15, 0.2) is 0 Å². The van der Waals surface area contributed by atoms with Crippen LogP contribution in [0.15, 0.2) is 0 Å². The maximum absolute atomic E-state index is 5.45. The van der Waals surface area contributed by atoms with Gasteiger partial charge in [0.05, 0.1) is 12.2 Å². The van der Waals surface area contributed by atoms with Crippen molar-refractivity contribution in [3.63, 3.8) is 0 Å². The fourth-order valence-electron chi connectivity index (χ4n) is 2.19. The highest BCUT2D eigenvalue weighted by Crippen LogP contribution is 2.27. The summed E-state index contributed by atoms with van der Waals surface area (Å²) in [5, 5.41) is 3.21. The first-order chi connectivity index (χ1) is 6.31. The van der Waals surface area contributed by atoms with Gasteiger partial charge in [-0.1, -0.05) is 0 Å². The molecule has 0 aliphatic heterocycles. The van der Waals surface area contributed by atoms with Crippen molar-refractivity contribution in [2.24, 2.45) is 5.92 Å². The summed E-state index contributed by atoms with van der Waals surface area (Å²) in [5.74, 6) is 0.605. The molecule has 3 heteroatoms. The Morgan fingerprint density at radius 3 is 2.54 bits per heavy atom. The molecule has 0 bridgehead atoms. The van der Waals surface area contributed by atoms with Gasteiger partial charge in [-0.2, -0.15) is 0 Å². The summed E-state index contributed by atoms with van der Waals surface area (Å²) in [6.07, 6.45) is 4.23. The lowest BCUT2D eigenvalue weighted by Crippen LogP contribution is -2.39. The summed E-state index contributed by atoms with van der Waals surface area (Å²) in [6, 6.07) is 0. The number of nitrogens with one attached hydrogen (secondary N) is 1. The first-order valence-corrected chi connectivity index (χ1v) is 5.02. The Hall–Kier alpha value is -0.120. The first-order valence-electron chi connectivity index (χ1n) is 5.02. The summed E-state index contributed by atoms with van der Waals surface area (Å²) in [7, 11) is 5.60. The number of hydrogen-bond acceptors (Lipinski definition) is 3. The van der Waals surface area contributed by atoms with Gasteiger partial charge in [0, 0.05) is 20.8 Å².